The van der Waals surface area contributed by atoms with Gasteiger partial charge in [0.1, 0.15) is 0 Å². The van der Waals surface area contributed by atoms with Gasteiger partial charge in [0.05, 0.1) is 0 Å². The lowest BCUT2D eigenvalue weighted by Crippen LogP contribution is -1.97. The minimum absolute atomic E-state index is 0.957. The Kier molecular flexibility index (Phi) is 4.83. The lowest BCUT2D eigenvalue weighted by Gasteiger charge is -2.11. The first-order valence-corrected chi connectivity index (χ1v) is 6.22. The summed E-state index contributed by atoms with van der Waals surface area (Å²) < 4.78 is 0. The monoisotopic (exact) mass is 182 g/mol. The second kappa shape index (κ2) is 5.67. The molecule has 78 valence electrons. The minimum Gasteiger partial charge on any atom is -0.0651 e. The van der Waals surface area contributed by atoms with E-state index in [1.54, 1.807) is 0 Å². The van der Waals surface area contributed by atoms with Gasteiger partial charge in [-0.2, -0.15) is 0 Å². The topological polar surface area (TPSA) is 0 Å². The van der Waals surface area contributed by atoms with Gasteiger partial charge in [-0.1, -0.05) is 59.3 Å². The van der Waals surface area contributed by atoms with E-state index in [1.807, 2.05) is 0 Å². The average molecular weight is 182 g/mol. The maximum absolute atomic E-state index is 2.41. The number of hydrogen-bond donors (Lipinski definition) is 0. The Morgan fingerprint density at radius 2 is 2.08 bits per heavy atom. The molecule has 0 heteroatoms. The Morgan fingerprint density at radius 3 is 2.62 bits per heavy atom. The summed E-state index contributed by atoms with van der Waals surface area (Å²) in [6, 6.07) is 0. The van der Waals surface area contributed by atoms with Crippen LogP contribution in [0.5, 0.6) is 0 Å². The summed E-state index contributed by atoms with van der Waals surface area (Å²) in [4.78, 5) is 0. The van der Waals surface area contributed by atoms with Gasteiger partial charge in [-0.25, -0.2) is 0 Å². The summed E-state index contributed by atoms with van der Waals surface area (Å²) in [5.41, 5.74) is 0. The number of rotatable bonds is 5. The van der Waals surface area contributed by atoms with E-state index in [9.17, 15) is 0 Å². The fourth-order valence-electron chi connectivity index (χ4n) is 2.55. The van der Waals surface area contributed by atoms with Gasteiger partial charge in [-0.15, -0.1) is 0 Å². The van der Waals surface area contributed by atoms with E-state index in [2.05, 4.69) is 20.8 Å². The molecule has 0 N–H and O–H groups in total. The van der Waals surface area contributed by atoms with Crippen LogP contribution in [0.3, 0.4) is 0 Å². The van der Waals surface area contributed by atoms with E-state index in [4.69, 9.17) is 0 Å². The summed E-state index contributed by atoms with van der Waals surface area (Å²) in [5, 5.41) is 0. The first-order valence-electron chi connectivity index (χ1n) is 6.22. The maximum Gasteiger partial charge on any atom is -0.0412 e. The third-order valence-corrected chi connectivity index (χ3v) is 3.81. The molecule has 1 saturated carbocycles. The molecule has 0 aromatic heterocycles. The molecule has 0 bridgehead atoms. The highest BCUT2D eigenvalue weighted by molar-refractivity contribution is 4.72. The van der Waals surface area contributed by atoms with Crippen LogP contribution in [0.25, 0.3) is 0 Å². The minimum atomic E-state index is 0.957. The first kappa shape index (κ1) is 11.1. The summed E-state index contributed by atoms with van der Waals surface area (Å²) in [6.07, 6.45) is 10.3. The van der Waals surface area contributed by atoms with Crippen molar-refractivity contribution in [3.05, 3.63) is 0 Å². The fraction of sp³-hybridized carbons (Fsp3) is 1.00. The van der Waals surface area contributed by atoms with Gasteiger partial charge in [0.2, 0.25) is 0 Å². The first-order chi connectivity index (χ1) is 6.22. The summed E-state index contributed by atoms with van der Waals surface area (Å²) in [6.45, 7) is 7.11. The van der Waals surface area contributed by atoms with E-state index < -0.39 is 0 Å². The SMILES string of the molecule is CCC(C)CCCC1CCC(C)C1. The molecule has 3 atom stereocenters. The van der Waals surface area contributed by atoms with E-state index in [0.29, 0.717) is 0 Å². The van der Waals surface area contributed by atoms with Crippen LogP contribution in [0.2, 0.25) is 0 Å². The molecule has 1 aliphatic rings. The van der Waals surface area contributed by atoms with Crippen LogP contribution < -0.4 is 0 Å². The van der Waals surface area contributed by atoms with Crippen LogP contribution in [-0.2, 0) is 0 Å². The van der Waals surface area contributed by atoms with Gasteiger partial charge < -0.3 is 0 Å². The van der Waals surface area contributed by atoms with Gasteiger partial charge in [-0.3, -0.25) is 0 Å². The second-order valence-electron chi connectivity index (χ2n) is 5.23. The van der Waals surface area contributed by atoms with Crippen molar-refractivity contribution in [1.29, 1.82) is 0 Å². The molecule has 0 aromatic rings. The summed E-state index contributed by atoms with van der Waals surface area (Å²) >= 11 is 0. The van der Waals surface area contributed by atoms with Crippen molar-refractivity contribution in [2.45, 2.75) is 65.7 Å². The van der Waals surface area contributed by atoms with Crippen molar-refractivity contribution in [1.82, 2.24) is 0 Å². The molecule has 0 spiro atoms. The molecule has 1 aliphatic carbocycles. The van der Waals surface area contributed by atoms with Crippen molar-refractivity contribution in [2.24, 2.45) is 17.8 Å². The summed E-state index contributed by atoms with van der Waals surface area (Å²) in [7, 11) is 0. The Labute approximate surface area is 84.1 Å². The summed E-state index contributed by atoms with van der Waals surface area (Å²) in [5.74, 6) is 3.06. The van der Waals surface area contributed by atoms with Crippen LogP contribution >= 0.6 is 0 Å². The Bertz CT molecular complexity index is 128. The maximum atomic E-state index is 2.41. The van der Waals surface area contributed by atoms with Crippen molar-refractivity contribution in [3.63, 3.8) is 0 Å². The predicted molar refractivity (Wildman–Crippen MR) is 59.8 cm³/mol. The van der Waals surface area contributed by atoms with Gasteiger partial charge >= 0.3 is 0 Å². The largest absolute Gasteiger partial charge is 0.0651 e. The zero-order valence-electron chi connectivity index (χ0n) is 9.68. The Morgan fingerprint density at radius 1 is 1.31 bits per heavy atom. The van der Waals surface area contributed by atoms with Gasteiger partial charge in [0.15, 0.2) is 0 Å². The molecule has 0 saturated heterocycles. The number of hydrogen-bond acceptors (Lipinski definition) is 0. The van der Waals surface area contributed by atoms with Crippen LogP contribution in [0.1, 0.15) is 65.7 Å². The third kappa shape index (κ3) is 4.15. The quantitative estimate of drug-likeness (QED) is 0.581. The van der Waals surface area contributed by atoms with Crippen LogP contribution in [0, 0.1) is 17.8 Å². The molecule has 0 nitrogen and oxygen atoms in total. The Hall–Kier alpha value is 0. The second-order valence-corrected chi connectivity index (χ2v) is 5.23. The fourth-order valence-corrected chi connectivity index (χ4v) is 2.55. The van der Waals surface area contributed by atoms with Gasteiger partial charge in [0.25, 0.3) is 0 Å². The zero-order valence-corrected chi connectivity index (χ0v) is 9.68. The van der Waals surface area contributed by atoms with Crippen molar-refractivity contribution in [3.8, 4) is 0 Å². The smallest absolute Gasteiger partial charge is 0.0412 e. The molecule has 0 heterocycles. The molecule has 3 unspecified atom stereocenters. The zero-order chi connectivity index (χ0) is 9.68. The molecule has 13 heavy (non-hydrogen) atoms. The normalized spacial score (nSPS) is 30.7. The van der Waals surface area contributed by atoms with Crippen molar-refractivity contribution >= 4 is 0 Å². The molecule has 0 radical (unpaired) electrons. The lowest BCUT2D eigenvalue weighted by atomic mass is 9.95. The highest BCUT2D eigenvalue weighted by atomic mass is 14.3. The third-order valence-electron chi connectivity index (χ3n) is 3.81. The molecule has 0 amide bonds. The predicted octanol–water partition coefficient (Wildman–Crippen LogP) is 4.64. The highest BCUT2D eigenvalue weighted by Gasteiger charge is 2.20. The Balaban J connectivity index is 2.00. The van der Waals surface area contributed by atoms with Crippen molar-refractivity contribution in [2.75, 3.05) is 0 Å². The molecule has 1 fully saturated rings. The van der Waals surface area contributed by atoms with E-state index in [-0.39, 0.29) is 0 Å². The molecule has 0 aliphatic heterocycles. The molecular formula is C13H26. The molecule has 0 aromatic carbocycles. The van der Waals surface area contributed by atoms with Crippen LogP contribution in [0.4, 0.5) is 0 Å². The standard InChI is InChI=1S/C13H26/c1-4-11(2)6-5-7-13-9-8-12(3)10-13/h11-13H,4-10H2,1-3H3. The van der Waals surface area contributed by atoms with E-state index in [1.165, 1.54) is 44.9 Å². The van der Waals surface area contributed by atoms with Crippen molar-refractivity contribution < 1.29 is 0 Å². The average Bonchev–Trinajstić information content (AvgIpc) is 2.51. The highest BCUT2D eigenvalue weighted by Crippen LogP contribution is 2.33. The van der Waals surface area contributed by atoms with Crippen LogP contribution in [0.15, 0.2) is 0 Å². The van der Waals surface area contributed by atoms with E-state index >= 15 is 0 Å². The van der Waals surface area contributed by atoms with Crippen LogP contribution in [-0.4, -0.2) is 0 Å². The van der Waals surface area contributed by atoms with E-state index in [0.717, 1.165) is 17.8 Å². The molecular weight excluding hydrogens is 156 g/mol. The van der Waals surface area contributed by atoms with Gasteiger partial charge in [0, 0.05) is 0 Å². The lowest BCUT2D eigenvalue weighted by molar-refractivity contribution is 0.413. The molecule has 1 rings (SSSR count). The van der Waals surface area contributed by atoms with Gasteiger partial charge in [-0.05, 0) is 24.2 Å².